The second-order valence-electron chi connectivity index (χ2n) is 3.59. The Morgan fingerprint density at radius 1 is 1.47 bits per heavy atom. The van der Waals surface area contributed by atoms with Gasteiger partial charge in [0.15, 0.2) is 0 Å². The van der Waals surface area contributed by atoms with Crippen LogP contribution in [0.1, 0.15) is 11.6 Å². The molecule has 1 rings (SSSR count). The maximum Gasteiger partial charge on any atom is 0.325 e. The molecule has 94 valence electrons. The van der Waals surface area contributed by atoms with Crippen molar-refractivity contribution >= 4 is 29.2 Å². The van der Waals surface area contributed by atoms with Crippen LogP contribution in [0, 0.1) is 0 Å². The highest BCUT2D eigenvalue weighted by Crippen LogP contribution is 2.32. The van der Waals surface area contributed by atoms with Crippen LogP contribution < -0.4 is 0 Å². The van der Waals surface area contributed by atoms with Crippen LogP contribution in [-0.4, -0.2) is 41.3 Å². The van der Waals surface area contributed by atoms with E-state index in [2.05, 4.69) is 0 Å². The Morgan fingerprint density at radius 3 is 2.65 bits per heavy atom. The Hall–Kier alpha value is -0.810. The van der Waals surface area contributed by atoms with E-state index >= 15 is 0 Å². The molecular weight excluding hydrogens is 265 g/mol. The molecule has 1 aromatic rings. The summed E-state index contributed by atoms with van der Waals surface area (Å²) in [5.74, 6) is -1.04. The molecule has 0 radical (unpaired) electrons. The molecule has 0 bridgehead atoms. The molecule has 0 saturated heterocycles. The fourth-order valence-electron chi connectivity index (χ4n) is 1.58. The number of nitrogens with zero attached hydrogens (tertiary/aromatic N) is 1. The molecule has 0 amide bonds. The Balaban J connectivity index is 3.14. The van der Waals surface area contributed by atoms with E-state index in [0.29, 0.717) is 10.6 Å². The molecule has 0 aromatic heterocycles. The summed E-state index contributed by atoms with van der Waals surface area (Å²) in [7, 11) is 1.60. The Morgan fingerprint density at radius 2 is 2.12 bits per heavy atom. The molecular formula is C11H13Cl2NO3. The second kappa shape index (κ2) is 6.21. The van der Waals surface area contributed by atoms with Crippen molar-refractivity contribution in [2.45, 2.75) is 6.04 Å². The number of benzene rings is 1. The monoisotopic (exact) mass is 277 g/mol. The highest BCUT2D eigenvalue weighted by Gasteiger charge is 2.27. The van der Waals surface area contributed by atoms with Gasteiger partial charge in [-0.25, -0.2) is 0 Å². The van der Waals surface area contributed by atoms with Gasteiger partial charge in [0.1, 0.15) is 6.04 Å². The smallest absolute Gasteiger partial charge is 0.325 e. The van der Waals surface area contributed by atoms with Crippen molar-refractivity contribution < 1.29 is 15.0 Å². The van der Waals surface area contributed by atoms with Crippen molar-refractivity contribution in [3.8, 4) is 0 Å². The van der Waals surface area contributed by atoms with Gasteiger partial charge in [-0.3, -0.25) is 9.69 Å². The number of rotatable bonds is 5. The molecule has 0 heterocycles. The summed E-state index contributed by atoms with van der Waals surface area (Å²) in [4.78, 5) is 12.8. The van der Waals surface area contributed by atoms with Crippen molar-refractivity contribution in [1.29, 1.82) is 0 Å². The van der Waals surface area contributed by atoms with E-state index in [9.17, 15) is 9.90 Å². The maximum absolute atomic E-state index is 11.3. The zero-order chi connectivity index (χ0) is 13.0. The SMILES string of the molecule is CN(CCO)C(C(=O)O)c1cccc(Cl)c1Cl. The first kappa shape index (κ1) is 14.3. The van der Waals surface area contributed by atoms with E-state index in [1.54, 1.807) is 25.2 Å². The minimum atomic E-state index is -1.04. The normalized spacial score (nSPS) is 12.8. The summed E-state index contributed by atoms with van der Waals surface area (Å²) in [6, 6.07) is 3.93. The van der Waals surface area contributed by atoms with Gasteiger partial charge >= 0.3 is 5.97 Å². The lowest BCUT2D eigenvalue weighted by atomic mass is 10.1. The van der Waals surface area contributed by atoms with Gasteiger partial charge in [-0.2, -0.15) is 0 Å². The fourth-order valence-corrected chi connectivity index (χ4v) is 1.99. The van der Waals surface area contributed by atoms with Crippen molar-refractivity contribution in [3.63, 3.8) is 0 Å². The lowest BCUT2D eigenvalue weighted by molar-refractivity contribution is -0.143. The largest absolute Gasteiger partial charge is 0.480 e. The van der Waals surface area contributed by atoms with E-state index in [1.807, 2.05) is 0 Å². The highest BCUT2D eigenvalue weighted by molar-refractivity contribution is 6.42. The minimum absolute atomic E-state index is 0.127. The summed E-state index contributed by atoms with van der Waals surface area (Å²) in [6.07, 6.45) is 0. The third kappa shape index (κ3) is 3.33. The summed E-state index contributed by atoms with van der Waals surface area (Å²) < 4.78 is 0. The third-order valence-corrected chi connectivity index (χ3v) is 3.24. The molecule has 0 aliphatic carbocycles. The first-order chi connectivity index (χ1) is 7.99. The highest BCUT2D eigenvalue weighted by atomic mass is 35.5. The zero-order valence-electron chi connectivity index (χ0n) is 9.23. The number of halogens is 2. The number of aliphatic carboxylic acids is 1. The number of carboxylic acids is 1. The van der Waals surface area contributed by atoms with Crippen molar-refractivity contribution in [2.24, 2.45) is 0 Å². The second-order valence-corrected chi connectivity index (χ2v) is 4.37. The molecule has 1 atom stereocenters. The Bertz CT molecular complexity index is 412. The number of aliphatic hydroxyl groups is 1. The number of aliphatic hydroxyl groups excluding tert-OH is 1. The quantitative estimate of drug-likeness (QED) is 0.865. The number of hydrogen-bond donors (Lipinski definition) is 2. The maximum atomic E-state index is 11.3. The zero-order valence-corrected chi connectivity index (χ0v) is 10.7. The first-order valence-corrected chi connectivity index (χ1v) is 5.72. The van der Waals surface area contributed by atoms with Crippen molar-refractivity contribution in [3.05, 3.63) is 33.8 Å². The van der Waals surface area contributed by atoms with Crippen molar-refractivity contribution in [1.82, 2.24) is 4.90 Å². The van der Waals surface area contributed by atoms with Crippen LogP contribution in [0.2, 0.25) is 10.0 Å². The Labute approximate surface area is 109 Å². The number of carboxylic acid groups (broad SMARTS) is 1. The van der Waals surface area contributed by atoms with E-state index in [1.165, 1.54) is 4.90 Å². The lowest BCUT2D eigenvalue weighted by Crippen LogP contribution is -2.33. The molecule has 2 N–H and O–H groups in total. The van der Waals surface area contributed by atoms with Gasteiger partial charge in [-0.15, -0.1) is 0 Å². The van der Waals surface area contributed by atoms with Gasteiger partial charge in [0.25, 0.3) is 0 Å². The molecule has 6 heteroatoms. The van der Waals surface area contributed by atoms with E-state index < -0.39 is 12.0 Å². The summed E-state index contributed by atoms with van der Waals surface area (Å²) in [5, 5.41) is 18.6. The summed E-state index contributed by atoms with van der Waals surface area (Å²) >= 11 is 11.8. The predicted molar refractivity (Wildman–Crippen MR) is 66.6 cm³/mol. The van der Waals surface area contributed by atoms with Gasteiger partial charge in [-0.05, 0) is 13.1 Å². The molecule has 0 saturated carbocycles. The predicted octanol–water partition coefficient (Wildman–Crippen LogP) is 2.04. The summed E-state index contributed by atoms with van der Waals surface area (Å²) in [6.45, 7) is 0.109. The van der Waals surface area contributed by atoms with Gasteiger partial charge in [-0.1, -0.05) is 35.3 Å². The molecule has 1 aromatic carbocycles. The average Bonchev–Trinajstić information content (AvgIpc) is 2.24. The van der Waals surface area contributed by atoms with Crippen LogP contribution in [-0.2, 0) is 4.79 Å². The van der Waals surface area contributed by atoms with Gasteiger partial charge in [0, 0.05) is 12.1 Å². The van der Waals surface area contributed by atoms with E-state index in [4.69, 9.17) is 28.3 Å². The molecule has 0 spiro atoms. The molecule has 0 fully saturated rings. The molecule has 0 aliphatic rings. The van der Waals surface area contributed by atoms with Crippen LogP contribution in [0.3, 0.4) is 0 Å². The summed E-state index contributed by atoms with van der Waals surface area (Å²) in [5.41, 5.74) is 0.419. The minimum Gasteiger partial charge on any atom is -0.480 e. The van der Waals surface area contributed by atoms with Crippen LogP contribution >= 0.6 is 23.2 Å². The van der Waals surface area contributed by atoms with Gasteiger partial charge in [0.05, 0.1) is 16.7 Å². The third-order valence-electron chi connectivity index (χ3n) is 2.40. The average molecular weight is 278 g/mol. The molecule has 1 unspecified atom stereocenters. The van der Waals surface area contributed by atoms with Crippen LogP contribution in [0.15, 0.2) is 18.2 Å². The van der Waals surface area contributed by atoms with Crippen molar-refractivity contribution in [2.75, 3.05) is 20.2 Å². The Kier molecular flexibility index (Phi) is 5.21. The molecule has 4 nitrogen and oxygen atoms in total. The van der Waals surface area contributed by atoms with E-state index in [-0.39, 0.29) is 18.2 Å². The van der Waals surface area contributed by atoms with Gasteiger partial charge < -0.3 is 10.2 Å². The standard InChI is InChI=1S/C11H13Cl2NO3/c1-14(5-6-15)10(11(16)17)7-3-2-4-8(12)9(7)13/h2-4,10,15H,5-6H2,1H3,(H,16,17). The number of hydrogen-bond acceptors (Lipinski definition) is 3. The lowest BCUT2D eigenvalue weighted by Gasteiger charge is -2.25. The van der Waals surface area contributed by atoms with Gasteiger partial charge in [0.2, 0.25) is 0 Å². The van der Waals surface area contributed by atoms with Crippen LogP contribution in [0.25, 0.3) is 0 Å². The van der Waals surface area contributed by atoms with Crippen LogP contribution in [0.4, 0.5) is 0 Å². The number of likely N-dealkylation sites (N-methyl/N-ethyl adjacent to an activating group) is 1. The molecule has 17 heavy (non-hydrogen) atoms. The fraction of sp³-hybridized carbons (Fsp3) is 0.364. The topological polar surface area (TPSA) is 60.8 Å². The molecule has 0 aliphatic heterocycles. The first-order valence-electron chi connectivity index (χ1n) is 4.96. The number of carbonyl (C=O) groups is 1. The van der Waals surface area contributed by atoms with E-state index in [0.717, 1.165) is 0 Å². The van der Waals surface area contributed by atoms with Crippen LogP contribution in [0.5, 0.6) is 0 Å².